The van der Waals surface area contributed by atoms with Crippen molar-refractivity contribution in [3.63, 3.8) is 0 Å². The summed E-state index contributed by atoms with van der Waals surface area (Å²) in [5, 5.41) is 5.06. The monoisotopic (exact) mass is 434 g/mol. The van der Waals surface area contributed by atoms with Gasteiger partial charge >= 0.3 is 24.5 Å². The molecular weight excluding hydrogens is 416 g/mol. The van der Waals surface area contributed by atoms with Crippen LogP contribution in [0.5, 0.6) is 0 Å². The van der Waals surface area contributed by atoms with Crippen LogP contribution in [0.4, 0.5) is 30.6 Å². The van der Waals surface area contributed by atoms with Crippen molar-refractivity contribution in [2.24, 2.45) is 0 Å². The van der Waals surface area contributed by atoms with Gasteiger partial charge < -0.3 is 28.4 Å². The second-order valence-corrected chi connectivity index (χ2v) is 6.10. The molecule has 2 N–H and O–H groups in total. The third-order valence-corrected chi connectivity index (χ3v) is 3.86. The molecule has 0 bridgehead atoms. The lowest BCUT2D eigenvalue weighted by molar-refractivity contribution is 0.134. The fraction of sp³-hybridized carbons (Fsp3) is 0.263. The quantitative estimate of drug-likeness (QED) is 0.505. The first-order valence-corrected chi connectivity index (χ1v) is 8.94. The minimum Gasteiger partial charge on any atom is -0.445 e. The second kappa shape index (κ2) is 10.0. The summed E-state index contributed by atoms with van der Waals surface area (Å²) in [7, 11) is 0. The SMILES string of the molecule is Cc1ccc(NC(=O)OCC=C2COC(=O)O2)cc1NC(=O)OCC=C1COC(=O)O1. The van der Waals surface area contributed by atoms with E-state index in [1.165, 1.54) is 18.2 Å². The Kier molecular flexibility index (Phi) is 6.93. The second-order valence-electron chi connectivity index (χ2n) is 6.10. The summed E-state index contributed by atoms with van der Waals surface area (Å²) < 4.78 is 28.5. The summed E-state index contributed by atoms with van der Waals surface area (Å²) >= 11 is 0. The van der Waals surface area contributed by atoms with Gasteiger partial charge in [-0.1, -0.05) is 6.07 Å². The maximum Gasteiger partial charge on any atom is 0.514 e. The number of hydrogen-bond donors (Lipinski definition) is 2. The fourth-order valence-electron chi connectivity index (χ4n) is 2.35. The van der Waals surface area contributed by atoms with Gasteiger partial charge in [0.05, 0.1) is 0 Å². The van der Waals surface area contributed by atoms with E-state index in [2.05, 4.69) is 20.1 Å². The number of benzene rings is 1. The van der Waals surface area contributed by atoms with Gasteiger partial charge in [-0.2, -0.15) is 0 Å². The smallest absolute Gasteiger partial charge is 0.445 e. The standard InChI is InChI=1S/C19H18N2O10/c1-11-2-3-12(20-16(22)26-6-4-13-9-28-18(24)30-13)8-15(11)21-17(23)27-7-5-14-10-29-19(25)31-14/h2-5,8H,6-7,9-10H2,1H3,(H,20,22)(H,21,23). The molecule has 2 aliphatic rings. The summed E-state index contributed by atoms with van der Waals surface area (Å²) in [6.45, 7) is 1.48. The van der Waals surface area contributed by atoms with Crippen LogP contribution in [0.25, 0.3) is 0 Å². The first-order valence-electron chi connectivity index (χ1n) is 8.94. The number of nitrogens with one attached hydrogen (secondary N) is 2. The molecule has 12 nitrogen and oxygen atoms in total. The topological polar surface area (TPSA) is 148 Å². The number of hydrogen-bond acceptors (Lipinski definition) is 10. The highest BCUT2D eigenvalue weighted by Crippen LogP contribution is 2.21. The first-order chi connectivity index (χ1) is 14.9. The minimum absolute atomic E-state index is 0.0110. The summed E-state index contributed by atoms with van der Waals surface area (Å²) in [4.78, 5) is 45.4. The number of rotatable bonds is 6. The summed E-state index contributed by atoms with van der Waals surface area (Å²) in [6.07, 6.45) is -0.303. The van der Waals surface area contributed by atoms with E-state index in [-0.39, 0.29) is 37.9 Å². The van der Waals surface area contributed by atoms with Crippen molar-refractivity contribution in [1.82, 2.24) is 0 Å². The average molecular weight is 434 g/mol. The molecule has 0 unspecified atom stereocenters. The van der Waals surface area contributed by atoms with E-state index in [0.717, 1.165) is 5.56 Å². The molecule has 0 spiro atoms. The van der Waals surface area contributed by atoms with Crippen molar-refractivity contribution in [3.8, 4) is 0 Å². The normalized spacial score (nSPS) is 17.5. The molecule has 2 amide bonds. The molecule has 3 rings (SSSR count). The number of carbonyl (C=O) groups is 4. The highest BCUT2D eigenvalue weighted by atomic mass is 16.8. The fourth-order valence-corrected chi connectivity index (χ4v) is 2.35. The Morgan fingerprint density at radius 3 is 2.00 bits per heavy atom. The van der Waals surface area contributed by atoms with Gasteiger partial charge in [0.15, 0.2) is 13.2 Å². The van der Waals surface area contributed by atoms with E-state index in [9.17, 15) is 19.2 Å². The molecule has 0 aliphatic carbocycles. The Bertz CT molecular complexity index is 953. The van der Waals surface area contributed by atoms with Gasteiger partial charge in [-0.25, -0.2) is 19.2 Å². The van der Waals surface area contributed by atoms with Crippen molar-refractivity contribution in [2.75, 3.05) is 37.1 Å². The number of anilines is 2. The van der Waals surface area contributed by atoms with Gasteiger partial charge in [0.25, 0.3) is 0 Å². The minimum atomic E-state index is -0.804. The predicted molar refractivity (Wildman–Crippen MR) is 102 cm³/mol. The molecule has 0 saturated carbocycles. The Labute approximate surface area is 175 Å². The summed E-state index contributed by atoms with van der Waals surface area (Å²) in [6, 6.07) is 4.82. The van der Waals surface area contributed by atoms with Crippen molar-refractivity contribution in [3.05, 3.63) is 47.4 Å². The van der Waals surface area contributed by atoms with Gasteiger partial charge in [-0.05, 0) is 36.8 Å². The summed E-state index contributed by atoms with van der Waals surface area (Å²) in [5.74, 6) is 0.514. The van der Waals surface area contributed by atoms with Crippen LogP contribution in [-0.4, -0.2) is 50.9 Å². The Morgan fingerprint density at radius 1 is 0.935 bits per heavy atom. The molecule has 12 heteroatoms. The number of amides is 2. The Morgan fingerprint density at radius 2 is 1.48 bits per heavy atom. The Balaban J connectivity index is 1.46. The van der Waals surface area contributed by atoms with Crippen molar-refractivity contribution >= 4 is 35.9 Å². The molecule has 164 valence electrons. The summed E-state index contributed by atoms with van der Waals surface area (Å²) in [5.41, 5.74) is 1.50. The molecule has 0 atom stereocenters. The van der Waals surface area contributed by atoms with Gasteiger partial charge in [0.1, 0.15) is 24.7 Å². The van der Waals surface area contributed by atoms with Crippen molar-refractivity contribution in [1.29, 1.82) is 0 Å². The number of ether oxygens (including phenoxy) is 6. The molecule has 2 aliphatic heterocycles. The van der Waals surface area contributed by atoms with Crippen LogP contribution >= 0.6 is 0 Å². The highest BCUT2D eigenvalue weighted by Gasteiger charge is 2.19. The molecule has 0 radical (unpaired) electrons. The average Bonchev–Trinajstić information content (AvgIpc) is 3.32. The van der Waals surface area contributed by atoms with Crippen LogP contribution in [-0.2, 0) is 28.4 Å². The van der Waals surface area contributed by atoms with E-state index < -0.39 is 24.5 Å². The van der Waals surface area contributed by atoms with E-state index in [1.54, 1.807) is 19.1 Å². The van der Waals surface area contributed by atoms with Crippen LogP contribution in [0.3, 0.4) is 0 Å². The maximum atomic E-state index is 12.0. The third kappa shape index (κ3) is 6.66. The molecule has 31 heavy (non-hydrogen) atoms. The van der Waals surface area contributed by atoms with Gasteiger partial charge in [0.2, 0.25) is 0 Å². The number of cyclic esters (lactones) is 4. The van der Waals surface area contributed by atoms with Gasteiger partial charge in [0, 0.05) is 11.4 Å². The third-order valence-electron chi connectivity index (χ3n) is 3.86. The van der Waals surface area contributed by atoms with Gasteiger partial charge in [-0.3, -0.25) is 10.6 Å². The lowest BCUT2D eigenvalue weighted by Gasteiger charge is -2.11. The van der Waals surface area contributed by atoms with Crippen molar-refractivity contribution in [2.45, 2.75) is 6.92 Å². The van der Waals surface area contributed by atoms with E-state index >= 15 is 0 Å². The molecule has 1 aromatic carbocycles. The molecular formula is C19H18N2O10. The number of carbonyl (C=O) groups excluding carboxylic acids is 4. The number of aryl methyl sites for hydroxylation is 1. The lowest BCUT2D eigenvalue weighted by Crippen LogP contribution is -2.16. The van der Waals surface area contributed by atoms with Gasteiger partial charge in [-0.15, -0.1) is 0 Å². The van der Waals surface area contributed by atoms with Crippen molar-refractivity contribution < 1.29 is 47.6 Å². The maximum absolute atomic E-state index is 12.0. The zero-order valence-electron chi connectivity index (χ0n) is 16.3. The molecule has 2 heterocycles. The zero-order chi connectivity index (χ0) is 22.2. The van der Waals surface area contributed by atoms with Crippen LogP contribution in [0.15, 0.2) is 41.9 Å². The first kappa shape index (κ1) is 21.5. The van der Waals surface area contributed by atoms with E-state index in [4.69, 9.17) is 18.9 Å². The van der Waals surface area contributed by atoms with Crippen LogP contribution < -0.4 is 10.6 Å². The Hall–Kier alpha value is -4.22. The molecule has 1 aromatic rings. The molecule has 2 fully saturated rings. The molecule has 2 saturated heterocycles. The highest BCUT2D eigenvalue weighted by molar-refractivity contribution is 5.89. The van der Waals surface area contributed by atoms with Crippen LogP contribution in [0.1, 0.15) is 5.56 Å². The molecule has 0 aromatic heterocycles. The van der Waals surface area contributed by atoms with Crippen LogP contribution in [0.2, 0.25) is 0 Å². The zero-order valence-corrected chi connectivity index (χ0v) is 16.3. The van der Waals surface area contributed by atoms with E-state index in [1.807, 2.05) is 0 Å². The van der Waals surface area contributed by atoms with E-state index in [0.29, 0.717) is 11.4 Å². The van der Waals surface area contributed by atoms with Crippen LogP contribution in [0, 0.1) is 6.92 Å². The lowest BCUT2D eigenvalue weighted by atomic mass is 10.2. The largest absolute Gasteiger partial charge is 0.514 e. The predicted octanol–water partition coefficient (Wildman–Crippen LogP) is 3.19.